The van der Waals surface area contributed by atoms with Crippen LogP contribution in [-0.4, -0.2) is 38.6 Å². The molecule has 0 aliphatic carbocycles. The molecule has 2 amide bonds. The van der Waals surface area contributed by atoms with Gasteiger partial charge in [0, 0.05) is 24.8 Å². The largest absolute Gasteiger partial charge is 0.489 e. The average molecular weight is 342 g/mol. The molecule has 0 unspecified atom stereocenters. The van der Waals surface area contributed by atoms with E-state index in [0.29, 0.717) is 18.7 Å². The van der Waals surface area contributed by atoms with Gasteiger partial charge in [-0.15, -0.1) is 0 Å². The molecule has 2 N–H and O–H groups in total. The van der Waals surface area contributed by atoms with Gasteiger partial charge in [-0.2, -0.15) is 0 Å². The molecule has 0 bridgehead atoms. The van der Waals surface area contributed by atoms with E-state index in [1.165, 1.54) is 0 Å². The summed E-state index contributed by atoms with van der Waals surface area (Å²) >= 11 is 0. The zero-order valence-corrected chi connectivity index (χ0v) is 14.2. The summed E-state index contributed by atoms with van der Waals surface area (Å²) < 4.78 is 10.6. The molecular weight excluding hydrogens is 320 g/mol. The maximum Gasteiger partial charge on any atom is 0.252 e. The van der Waals surface area contributed by atoms with Crippen LogP contribution in [0.3, 0.4) is 0 Å². The Morgan fingerprint density at radius 2 is 1.68 bits per heavy atom. The second kappa shape index (κ2) is 10.1. The number of amides is 2. The summed E-state index contributed by atoms with van der Waals surface area (Å²) in [6.45, 7) is 1.02. The van der Waals surface area contributed by atoms with Gasteiger partial charge in [-0.05, 0) is 18.2 Å². The third-order valence-electron chi connectivity index (χ3n) is 3.44. The first-order chi connectivity index (χ1) is 12.2. The van der Waals surface area contributed by atoms with Gasteiger partial charge in [0.25, 0.3) is 5.91 Å². The number of hydrogen-bond donors (Lipinski definition) is 2. The second-order valence-electron chi connectivity index (χ2n) is 5.28. The van der Waals surface area contributed by atoms with Gasteiger partial charge in [0.2, 0.25) is 5.91 Å². The number of para-hydroxylation sites is 1. The fraction of sp³-hybridized carbons (Fsp3) is 0.263. The first-order valence-corrected chi connectivity index (χ1v) is 8.00. The highest BCUT2D eigenvalue weighted by molar-refractivity contribution is 5.97. The van der Waals surface area contributed by atoms with E-state index in [0.717, 1.165) is 11.3 Å². The fourth-order valence-corrected chi connectivity index (χ4v) is 2.16. The van der Waals surface area contributed by atoms with E-state index in [2.05, 4.69) is 10.6 Å². The minimum Gasteiger partial charge on any atom is -0.489 e. The number of hydrogen-bond acceptors (Lipinski definition) is 4. The molecule has 0 fully saturated rings. The van der Waals surface area contributed by atoms with Crippen LogP contribution in [0.2, 0.25) is 0 Å². The Labute approximate surface area is 147 Å². The number of rotatable bonds is 9. The standard InChI is InChI=1S/C19H22N2O4/c1-24-12-11-20-18(22)13-21-19(23)17-10-6-5-7-15(17)14-25-16-8-3-2-4-9-16/h2-10H,11-14H2,1H3,(H,20,22)(H,21,23). The van der Waals surface area contributed by atoms with Crippen molar-refractivity contribution in [2.24, 2.45) is 0 Å². The van der Waals surface area contributed by atoms with Crippen molar-refractivity contribution in [1.29, 1.82) is 0 Å². The van der Waals surface area contributed by atoms with Crippen molar-refractivity contribution in [2.45, 2.75) is 6.61 Å². The van der Waals surface area contributed by atoms with Crippen LogP contribution in [0.25, 0.3) is 0 Å². The monoisotopic (exact) mass is 342 g/mol. The average Bonchev–Trinajstić information content (AvgIpc) is 2.66. The van der Waals surface area contributed by atoms with Gasteiger partial charge < -0.3 is 20.1 Å². The lowest BCUT2D eigenvalue weighted by atomic mass is 10.1. The number of benzene rings is 2. The molecule has 25 heavy (non-hydrogen) atoms. The van der Waals surface area contributed by atoms with E-state index >= 15 is 0 Å². The van der Waals surface area contributed by atoms with Crippen LogP contribution in [-0.2, 0) is 16.1 Å². The first-order valence-electron chi connectivity index (χ1n) is 8.00. The van der Waals surface area contributed by atoms with E-state index in [4.69, 9.17) is 9.47 Å². The number of ether oxygens (including phenoxy) is 2. The highest BCUT2D eigenvalue weighted by Crippen LogP contribution is 2.14. The molecule has 0 saturated carbocycles. The Balaban J connectivity index is 1.90. The molecule has 6 nitrogen and oxygen atoms in total. The Bertz CT molecular complexity index is 689. The van der Waals surface area contributed by atoms with E-state index < -0.39 is 0 Å². The van der Waals surface area contributed by atoms with Crippen LogP contribution < -0.4 is 15.4 Å². The topological polar surface area (TPSA) is 76.7 Å². The van der Waals surface area contributed by atoms with Gasteiger partial charge in [-0.1, -0.05) is 36.4 Å². The Morgan fingerprint density at radius 1 is 0.960 bits per heavy atom. The van der Waals surface area contributed by atoms with Gasteiger partial charge in [0.05, 0.1) is 13.2 Å². The van der Waals surface area contributed by atoms with E-state index in [1.807, 2.05) is 42.5 Å². The van der Waals surface area contributed by atoms with Crippen LogP contribution in [0.15, 0.2) is 54.6 Å². The Kier molecular flexibility index (Phi) is 7.46. The van der Waals surface area contributed by atoms with Crippen molar-refractivity contribution in [3.05, 3.63) is 65.7 Å². The number of methoxy groups -OCH3 is 1. The Morgan fingerprint density at radius 3 is 2.44 bits per heavy atom. The molecule has 0 saturated heterocycles. The van der Waals surface area contributed by atoms with Crippen LogP contribution >= 0.6 is 0 Å². The summed E-state index contributed by atoms with van der Waals surface area (Å²) in [5.74, 6) is 0.160. The molecule has 0 spiro atoms. The minimum absolute atomic E-state index is 0.0869. The summed E-state index contributed by atoms with van der Waals surface area (Å²) in [4.78, 5) is 24.0. The quantitative estimate of drug-likeness (QED) is 0.681. The molecule has 0 aliphatic heterocycles. The molecule has 0 radical (unpaired) electrons. The van der Waals surface area contributed by atoms with Crippen LogP contribution in [0.4, 0.5) is 0 Å². The highest BCUT2D eigenvalue weighted by atomic mass is 16.5. The van der Waals surface area contributed by atoms with Crippen LogP contribution in [0.1, 0.15) is 15.9 Å². The van der Waals surface area contributed by atoms with Crippen molar-refractivity contribution in [2.75, 3.05) is 26.8 Å². The van der Waals surface area contributed by atoms with Gasteiger partial charge in [-0.25, -0.2) is 0 Å². The molecule has 2 rings (SSSR count). The van der Waals surface area contributed by atoms with Crippen molar-refractivity contribution in [3.63, 3.8) is 0 Å². The molecule has 0 heterocycles. The lowest BCUT2D eigenvalue weighted by Gasteiger charge is -2.11. The zero-order valence-electron chi connectivity index (χ0n) is 14.2. The number of carbonyl (C=O) groups excluding carboxylic acids is 2. The molecular formula is C19H22N2O4. The van der Waals surface area contributed by atoms with Gasteiger partial charge in [0.1, 0.15) is 12.4 Å². The molecule has 0 atom stereocenters. The summed E-state index contributed by atoms with van der Waals surface area (Å²) in [5, 5.41) is 5.27. The SMILES string of the molecule is COCCNC(=O)CNC(=O)c1ccccc1COc1ccccc1. The fourth-order valence-electron chi connectivity index (χ4n) is 2.16. The number of nitrogens with one attached hydrogen (secondary N) is 2. The van der Waals surface area contributed by atoms with Crippen molar-refractivity contribution in [1.82, 2.24) is 10.6 Å². The van der Waals surface area contributed by atoms with Gasteiger partial charge >= 0.3 is 0 Å². The summed E-state index contributed by atoms with van der Waals surface area (Å²) in [6.07, 6.45) is 0. The molecule has 6 heteroatoms. The maximum absolute atomic E-state index is 12.3. The highest BCUT2D eigenvalue weighted by Gasteiger charge is 2.12. The normalized spacial score (nSPS) is 10.1. The minimum atomic E-state index is -0.311. The maximum atomic E-state index is 12.3. The third kappa shape index (κ3) is 6.27. The second-order valence-corrected chi connectivity index (χ2v) is 5.28. The van der Waals surface area contributed by atoms with Crippen molar-refractivity contribution >= 4 is 11.8 Å². The van der Waals surface area contributed by atoms with E-state index in [-0.39, 0.29) is 25.0 Å². The predicted molar refractivity (Wildman–Crippen MR) is 94.4 cm³/mol. The van der Waals surface area contributed by atoms with E-state index in [1.54, 1.807) is 19.2 Å². The molecule has 2 aromatic rings. The van der Waals surface area contributed by atoms with Crippen LogP contribution in [0, 0.1) is 0 Å². The molecule has 0 aliphatic rings. The zero-order chi connectivity index (χ0) is 17.9. The van der Waals surface area contributed by atoms with Crippen LogP contribution in [0.5, 0.6) is 5.75 Å². The first kappa shape index (κ1) is 18.5. The number of carbonyl (C=O) groups is 2. The molecule has 0 aromatic heterocycles. The van der Waals surface area contributed by atoms with Crippen molar-refractivity contribution < 1.29 is 19.1 Å². The molecule has 132 valence electrons. The van der Waals surface area contributed by atoms with Gasteiger partial charge in [0.15, 0.2) is 0 Å². The van der Waals surface area contributed by atoms with E-state index in [9.17, 15) is 9.59 Å². The Hall–Kier alpha value is -2.86. The lowest BCUT2D eigenvalue weighted by Crippen LogP contribution is -2.38. The summed E-state index contributed by atoms with van der Waals surface area (Å²) in [5.41, 5.74) is 1.24. The summed E-state index contributed by atoms with van der Waals surface area (Å²) in [6, 6.07) is 16.5. The predicted octanol–water partition coefficient (Wildman–Crippen LogP) is 1.76. The lowest BCUT2D eigenvalue weighted by molar-refractivity contribution is -0.120. The third-order valence-corrected chi connectivity index (χ3v) is 3.44. The van der Waals surface area contributed by atoms with Crippen molar-refractivity contribution in [3.8, 4) is 5.75 Å². The van der Waals surface area contributed by atoms with Gasteiger partial charge in [-0.3, -0.25) is 9.59 Å². The smallest absolute Gasteiger partial charge is 0.252 e. The molecule has 2 aromatic carbocycles. The summed E-state index contributed by atoms with van der Waals surface area (Å²) in [7, 11) is 1.56.